The number of nitro benzene ring substituents is 1. The van der Waals surface area contributed by atoms with Crippen LogP contribution in [0, 0.1) is 10.1 Å². The molecule has 0 aliphatic carbocycles. The summed E-state index contributed by atoms with van der Waals surface area (Å²) >= 11 is 3.16. The van der Waals surface area contributed by atoms with Gasteiger partial charge in [-0.05, 0) is 24.3 Å². The number of nitrogens with one attached hydrogen (secondary N) is 1. The number of nitrogens with zero attached hydrogens (tertiary/aromatic N) is 1. The number of carbonyl (C=O) groups excluding carboxylic acids is 2. The van der Waals surface area contributed by atoms with Crippen molar-refractivity contribution < 1.29 is 32.4 Å². The summed E-state index contributed by atoms with van der Waals surface area (Å²) < 4.78 is 45.0. The Balaban J connectivity index is 2.16. The van der Waals surface area contributed by atoms with Gasteiger partial charge in [0, 0.05) is 16.6 Å². The van der Waals surface area contributed by atoms with Crippen molar-refractivity contribution in [3.63, 3.8) is 0 Å². The number of alkyl halides is 3. The van der Waals surface area contributed by atoms with Crippen LogP contribution in [0.25, 0.3) is 0 Å². The van der Waals surface area contributed by atoms with E-state index in [0.29, 0.717) is 16.8 Å². The molecule has 0 aromatic heterocycles. The third kappa shape index (κ3) is 5.26. The Morgan fingerprint density at radius 3 is 2.56 bits per heavy atom. The number of hydrogen-bond acceptors (Lipinski definition) is 5. The van der Waals surface area contributed by atoms with Gasteiger partial charge in [-0.25, -0.2) is 0 Å². The SMILES string of the molecule is O=Cc1cc(Br)ccc1OCC(=O)Nc1ccc([N+](=O)[O-])cc1C(F)(F)F. The molecule has 11 heteroatoms. The molecule has 0 unspecified atom stereocenters. The third-order valence-corrected chi connectivity index (χ3v) is 3.74. The van der Waals surface area contributed by atoms with Crippen molar-refractivity contribution in [3.05, 3.63) is 62.1 Å². The van der Waals surface area contributed by atoms with Gasteiger partial charge < -0.3 is 10.1 Å². The zero-order chi connectivity index (χ0) is 20.2. The van der Waals surface area contributed by atoms with Crippen LogP contribution >= 0.6 is 15.9 Å². The van der Waals surface area contributed by atoms with E-state index in [1.165, 1.54) is 12.1 Å². The molecule has 0 saturated heterocycles. The molecule has 2 aromatic rings. The molecular weight excluding hydrogens is 437 g/mol. The van der Waals surface area contributed by atoms with Crippen molar-refractivity contribution in [2.45, 2.75) is 6.18 Å². The van der Waals surface area contributed by atoms with Gasteiger partial charge in [0.15, 0.2) is 12.9 Å². The molecule has 2 rings (SSSR count). The van der Waals surface area contributed by atoms with Gasteiger partial charge >= 0.3 is 6.18 Å². The highest BCUT2D eigenvalue weighted by Crippen LogP contribution is 2.37. The van der Waals surface area contributed by atoms with E-state index in [-0.39, 0.29) is 11.3 Å². The van der Waals surface area contributed by atoms with Crippen LogP contribution in [0.1, 0.15) is 15.9 Å². The lowest BCUT2D eigenvalue weighted by molar-refractivity contribution is -0.385. The van der Waals surface area contributed by atoms with Crippen molar-refractivity contribution >= 4 is 39.5 Å². The predicted molar refractivity (Wildman–Crippen MR) is 91.8 cm³/mol. The van der Waals surface area contributed by atoms with Crippen LogP contribution in [0.4, 0.5) is 24.5 Å². The first-order valence-corrected chi connectivity index (χ1v) is 7.94. The maximum absolute atomic E-state index is 13.1. The largest absolute Gasteiger partial charge is 0.483 e. The van der Waals surface area contributed by atoms with E-state index in [0.717, 1.165) is 12.1 Å². The molecule has 0 fully saturated rings. The predicted octanol–water partition coefficient (Wildman–Crippen LogP) is 4.21. The van der Waals surface area contributed by atoms with Crippen LogP contribution < -0.4 is 10.1 Å². The maximum atomic E-state index is 13.1. The zero-order valence-corrected chi connectivity index (χ0v) is 14.8. The summed E-state index contributed by atoms with van der Waals surface area (Å²) in [5, 5.41) is 12.7. The van der Waals surface area contributed by atoms with E-state index in [4.69, 9.17) is 4.74 Å². The molecule has 0 spiro atoms. The Labute approximate surface area is 158 Å². The highest BCUT2D eigenvalue weighted by molar-refractivity contribution is 9.10. The lowest BCUT2D eigenvalue weighted by Crippen LogP contribution is -2.22. The lowest BCUT2D eigenvalue weighted by atomic mass is 10.1. The molecule has 0 aliphatic rings. The number of non-ortho nitro benzene ring substituents is 1. The number of ether oxygens (including phenoxy) is 1. The minimum Gasteiger partial charge on any atom is -0.483 e. The average molecular weight is 447 g/mol. The Hall–Kier alpha value is -2.95. The van der Waals surface area contributed by atoms with Gasteiger partial charge in [-0.2, -0.15) is 13.2 Å². The van der Waals surface area contributed by atoms with E-state index >= 15 is 0 Å². The van der Waals surface area contributed by atoms with E-state index in [1.807, 2.05) is 5.32 Å². The second kappa shape index (κ2) is 8.16. The summed E-state index contributed by atoms with van der Waals surface area (Å²) in [6.45, 7) is -0.670. The van der Waals surface area contributed by atoms with Gasteiger partial charge in [0.1, 0.15) is 5.75 Å². The summed E-state index contributed by atoms with van der Waals surface area (Å²) in [5.74, 6) is -0.864. The number of amides is 1. The summed E-state index contributed by atoms with van der Waals surface area (Å²) in [7, 11) is 0. The Morgan fingerprint density at radius 2 is 1.96 bits per heavy atom. The quantitative estimate of drug-likeness (QED) is 0.407. The van der Waals surface area contributed by atoms with E-state index < -0.39 is 40.6 Å². The minimum absolute atomic E-state index is 0.0723. The molecule has 0 saturated carbocycles. The van der Waals surface area contributed by atoms with Crippen molar-refractivity contribution in [2.75, 3.05) is 11.9 Å². The number of nitro groups is 1. The smallest absolute Gasteiger partial charge is 0.418 e. The molecule has 27 heavy (non-hydrogen) atoms. The van der Waals surface area contributed by atoms with Crippen LogP contribution in [-0.4, -0.2) is 23.7 Å². The molecule has 2 aromatic carbocycles. The van der Waals surface area contributed by atoms with Gasteiger partial charge in [0.25, 0.3) is 11.6 Å². The molecule has 0 radical (unpaired) electrons. The van der Waals surface area contributed by atoms with Crippen molar-refractivity contribution in [3.8, 4) is 5.75 Å². The van der Waals surface area contributed by atoms with Crippen LogP contribution in [0.3, 0.4) is 0 Å². The van der Waals surface area contributed by atoms with Crippen molar-refractivity contribution in [1.82, 2.24) is 0 Å². The van der Waals surface area contributed by atoms with Crippen LogP contribution in [0.5, 0.6) is 5.75 Å². The first-order valence-electron chi connectivity index (χ1n) is 7.15. The summed E-state index contributed by atoms with van der Waals surface area (Å²) in [6, 6.07) is 6.36. The minimum atomic E-state index is -4.91. The molecule has 0 bridgehead atoms. The first kappa shape index (κ1) is 20.4. The number of rotatable bonds is 6. The average Bonchev–Trinajstić information content (AvgIpc) is 2.59. The van der Waals surface area contributed by atoms with Gasteiger partial charge in [-0.3, -0.25) is 19.7 Å². The Kier molecular flexibility index (Phi) is 6.16. The van der Waals surface area contributed by atoms with Gasteiger partial charge in [-0.1, -0.05) is 15.9 Å². The van der Waals surface area contributed by atoms with Crippen molar-refractivity contribution in [1.29, 1.82) is 0 Å². The molecule has 1 amide bonds. The molecule has 0 aliphatic heterocycles. The molecule has 0 atom stereocenters. The van der Waals surface area contributed by atoms with E-state index in [9.17, 15) is 32.9 Å². The third-order valence-electron chi connectivity index (χ3n) is 3.25. The summed E-state index contributed by atoms with van der Waals surface area (Å²) in [4.78, 5) is 32.6. The van der Waals surface area contributed by atoms with Crippen LogP contribution in [0.15, 0.2) is 40.9 Å². The van der Waals surface area contributed by atoms with Crippen LogP contribution in [0.2, 0.25) is 0 Å². The molecular formula is C16H10BrF3N2O5. The number of hydrogen-bond donors (Lipinski definition) is 1. The highest BCUT2D eigenvalue weighted by atomic mass is 79.9. The fourth-order valence-electron chi connectivity index (χ4n) is 2.06. The van der Waals surface area contributed by atoms with Crippen molar-refractivity contribution in [2.24, 2.45) is 0 Å². The topological polar surface area (TPSA) is 98.5 Å². The zero-order valence-electron chi connectivity index (χ0n) is 13.2. The summed E-state index contributed by atoms with van der Waals surface area (Å²) in [5.41, 5.74) is -2.62. The molecule has 1 N–H and O–H groups in total. The van der Waals surface area contributed by atoms with Gasteiger partial charge in [0.05, 0.1) is 21.7 Å². The Bertz CT molecular complexity index is 902. The monoisotopic (exact) mass is 446 g/mol. The number of benzene rings is 2. The maximum Gasteiger partial charge on any atom is 0.418 e. The van der Waals surface area contributed by atoms with Gasteiger partial charge in [-0.15, -0.1) is 0 Å². The number of aldehydes is 1. The van der Waals surface area contributed by atoms with Gasteiger partial charge in [0.2, 0.25) is 0 Å². The highest BCUT2D eigenvalue weighted by Gasteiger charge is 2.35. The fraction of sp³-hybridized carbons (Fsp3) is 0.125. The number of halogens is 4. The fourth-order valence-corrected chi connectivity index (χ4v) is 2.44. The van der Waals surface area contributed by atoms with E-state index in [2.05, 4.69) is 15.9 Å². The normalized spacial score (nSPS) is 11.0. The second-order valence-corrected chi connectivity index (χ2v) is 6.04. The van der Waals surface area contributed by atoms with E-state index in [1.54, 1.807) is 6.07 Å². The summed E-state index contributed by atoms with van der Waals surface area (Å²) in [6.07, 6.45) is -4.41. The number of carbonyl (C=O) groups is 2. The second-order valence-electron chi connectivity index (χ2n) is 5.12. The number of anilines is 1. The van der Waals surface area contributed by atoms with Crippen LogP contribution in [-0.2, 0) is 11.0 Å². The first-order chi connectivity index (χ1) is 12.6. The molecule has 7 nitrogen and oxygen atoms in total. The molecule has 142 valence electrons. The Morgan fingerprint density at radius 1 is 1.26 bits per heavy atom. The standard InChI is InChI=1S/C16H10BrF3N2O5/c17-10-1-4-14(9(5-10)7-23)27-8-15(24)21-13-3-2-11(22(25)26)6-12(13)16(18,19)20/h1-7H,8H2,(H,21,24). The molecule has 0 heterocycles. The lowest BCUT2D eigenvalue weighted by Gasteiger charge is -2.14.